The lowest BCUT2D eigenvalue weighted by atomic mass is 10.0. The van der Waals surface area contributed by atoms with Gasteiger partial charge in [0.15, 0.2) is 0 Å². The van der Waals surface area contributed by atoms with E-state index in [-0.39, 0.29) is 17.7 Å². The Morgan fingerprint density at radius 3 is 3.00 bits per heavy atom. The average Bonchev–Trinajstić information content (AvgIpc) is 3.19. The highest BCUT2D eigenvalue weighted by atomic mass is 32.2. The van der Waals surface area contributed by atoms with E-state index < -0.39 is 0 Å². The SMILES string of the molecule is CC(C)C(NC(=O)CSc1nc2ncccn2n1)c1cccs1. The van der Waals surface area contributed by atoms with Crippen LogP contribution in [0.2, 0.25) is 0 Å². The molecule has 0 aliphatic heterocycles. The van der Waals surface area contributed by atoms with Crippen LogP contribution in [0.15, 0.2) is 41.1 Å². The zero-order chi connectivity index (χ0) is 16.2. The van der Waals surface area contributed by atoms with Crippen molar-refractivity contribution in [2.24, 2.45) is 5.92 Å². The molecule has 6 nitrogen and oxygen atoms in total. The van der Waals surface area contributed by atoms with Crippen molar-refractivity contribution in [1.82, 2.24) is 24.9 Å². The highest BCUT2D eigenvalue weighted by molar-refractivity contribution is 7.99. The van der Waals surface area contributed by atoms with E-state index in [9.17, 15) is 4.79 Å². The van der Waals surface area contributed by atoms with Crippen LogP contribution >= 0.6 is 23.1 Å². The number of aromatic nitrogens is 4. The number of hydrogen-bond donors (Lipinski definition) is 1. The minimum Gasteiger partial charge on any atom is -0.347 e. The Morgan fingerprint density at radius 2 is 2.30 bits per heavy atom. The molecule has 1 unspecified atom stereocenters. The van der Waals surface area contributed by atoms with Crippen LogP contribution in [0, 0.1) is 5.92 Å². The van der Waals surface area contributed by atoms with Crippen LogP contribution < -0.4 is 5.32 Å². The van der Waals surface area contributed by atoms with Crippen LogP contribution in [0.25, 0.3) is 5.78 Å². The van der Waals surface area contributed by atoms with E-state index >= 15 is 0 Å². The smallest absolute Gasteiger partial charge is 0.253 e. The quantitative estimate of drug-likeness (QED) is 0.694. The monoisotopic (exact) mass is 347 g/mol. The van der Waals surface area contributed by atoms with Gasteiger partial charge in [0.25, 0.3) is 5.78 Å². The summed E-state index contributed by atoms with van der Waals surface area (Å²) in [4.78, 5) is 21.8. The Kier molecular flexibility index (Phi) is 4.92. The molecule has 1 atom stereocenters. The summed E-state index contributed by atoms with van der Waals surface area (Å²) in [7, 11) is 0. The molecule has 120 valence electrons. The summed E-state index contributed by atoms with van der Waals surface area (Å²) in [5.74, 6) is 1.13. The number of hydrogen-bond acceptors (Lipinski definition) is 6. The second kappa shape index (κ2) is 7.10. The molecule has 0 bridgehead atoms. The fourth-order valence-electron chi connectivity index (χ4n) is 2.15. The molecule has 0 aromatic carbocycles. The minimum atomic E-state index is -0.0195. The van der Waals surface area contributed by atoms with Crippen LogP contribution in [0.1, 0.15) is 24.8 Å². The zero-order valence-electron chi connectivity index (χ0n) is 12.8. The van der Waals surface area contributed by atoms with E-state index in [0.717, 1.165) is 0 Å². The van der Waals surface area contributed by atoms with Gasteiger partial charge >= 0.3 is 0 Å². The highest BCUT2D eigenvalue weighted by Crippen LogP contribution is 2.26. The Bertz CT molecular complexity index is 751. The third-order valence-corrected chi connectivity index (χ3v) is 5.06. The molecule has 3 rings (SSSR count). The van der Waals surface area contributed by atoms with E-state index in [0.29, 0.717) is 16.9 Å². The van der Waals surface area contributed by atoms with Gasteiger partial charge in [-0.05, 0) is 23.4 Å². The van der Waals surface area contributed by atoms with Crippen molar-refractivity contribution < 1.29 is 4.79 Å². The third kappa shape index (κ3) is 3.89. The number of thiophene rings is 1. The van der Waals surface area contributed by atoms with Crippen molar-refractivity contribution in [3.8, 4) is 0 Å². The van der Waals surface area contributed by atoms with Crippen LogP contribution in [0.4, 0.5) is 0 Å². The van der Waals surface area contributed by atoms with E-state index in [4.69, 9.17) is 0 Å². The first-order chi connectivity index (χ1) is 11.1. The second-order valence-corrected chi connectivity index (χ2v) is 7.27. The molecule has 0 fully saturated rings. The van der Waals surface area contributed by atoms with Gasteiger partial charge in [-0.15, -0.1) is 16.4 Å². The van der Waals surface area contributed by atoms with E-state index in [1.54, 1.807) is 34.3 Å². The lowest BCUT2D eigenvalue weighted by Gasteiger charge is -2.21. The maximum absolute atomic E-state index is 12.2. The summed E-state index contributed by atoms with van der Waals surface area (Å²) in [5, 5.41) is 9.95. The number of carbonyl (C=O) groups is 1. The number of amides is 1. The molecular weight excluding hydrogens is 330 g/mol. The van der Waals surface area contributed by atoms with Gasteiger partial charge in [0.1, 0.15) is 0 Å². The van der Waals surface area contributed by atoms with Crippen molar-refractivity contribution in [3.05, 3.63) is 40.8 Å². The van der Waals surface area contributed by atoms with Gasteiger partial charge in [0.2, 0.25) is 11.1 Å². The number of nitrogens with zero attached hydrogens (tertiary/aromatic N) is 4. The lowest BCUT2D eigenvalue weighted by molar-refractivity contribution is -0.119. The Morgan fingerprint density at radius 1 is 1.43 bits per heavy atom. The lowest BCUT2D eigenvalue weighted by Crippen LogP contribution is -2.32. The molecule has 0 aliphatic carbocycles. The number of nitrogens with one attached hydrogen (secondary N) is 1. The van der Waals surface area contributed by atoms with Crippen molar-refractivity contribution in [3.63, 3.8) is 0 Å². The summed E-state index contributed by atoms with van der Waals surface area (Å²) in [6.45, 7) is 4.21. The van der Waals surface area contributed by atoms with Gasteiger partial charge in [-0.3, -0.25) is 4.79 Å². The normalized spacial score (nSPS) is 12.7. The molecule has 0 aliphatic rings. The molecule has 0 saturated heterocycles. The summed E-state index contributed by atoms with van der Waals surface area (Å²) in [6.07, 6.45) is 3.45. The summed E-state index contributed by atoms with van der Waals surface area (Å²) < 4.78 is 1.60. The first kappa shape index (κ1) is 15.9. The minimum absolute atomic E-state index is 0.0195. The van der Waals surface area contributed by atoms with Gasteiger partial charge in [-0.1, -0.05) is 31.7 Å². The van der Waals surface area contributed by atoms with Crippen molar-refractivity contribution in [1.29, 1.82) is 0 Å². The Balaban J connectivity index is 1.60. The highest BCUT2D eigenvalue weighted by Gasteiger charge is 2.19. The van der Waals surface area contributed by atoms with Crippen molar-refractivity contribution >= 4 is 34.8 Å². The Hall–Kier alpha value is -1.93. The fraction of sp³-hybridized carbons (Fsp3) is 0.333. The molecule has 1 amide bonds. The maximum atomic E-state index is 12.2. The van der Waals surface area contributed by atoms with Crippen LogP contribution in [0.5, 0.6) is 0 Å². The van der Waals surface area contributed by atoms with Crippen LogP contribution in [-0.4, -0.2) is 31.2 Å². The number of carbonyl (C=O) groups excluding carboxylic acids is 1. The van der Waals surface area contributed by atoms with Crippen LogP contribution in [0.3, 0.4) is 0 Å². The maximum Gasteiger partial charge on any atom is 0.253 e. The van der Waals surface area contributed by atoms with Gasteiger partial charge in [-0.2, -0.15) is 4.98 Å². The fourth-order valence-corrected chi connectivity index (χ4v) is 3.74. The largest absolute Gasteiger partial charge is 0.347 e. The molecule has 3 aromatic rings. The molecule has 0 saturated carbocycles. The van der Waals surface area contributed by atoms with Gasteiger partial charge in [0.05, 0.1) is 11.8 Å². The third-order valence-electron chi connectivity index (χ3n) is 3.26. The second-order valence-electron chi connectivity index (χ2n) is 5.35. The molecular formula is C15H17N5OS2. The summed E-state index contributed by atoms with van der Waals surface area (Å²) in [5.41, 5.74) is 0. The predicted octanol–water partition coefficient (Wildman–Crippen LogP) is 2.79. The number of fused-ring (bicyclic) bond motifs is 1. The molecule has 8 heteroatoms. The first-order valence-corrected chi connectivity index (χ1v) is 9.13. The first-order valence-electron chi connectivity index (χ1n) is 7.26. The van der Waals surface area contributed by atoms with Gasteiger partial charge in [-0.25, -0.2) is 9.50 Å². The van der Waals surface area contributed by atoms with Gasteiger partial charge < -0.3 is 5.32 Å². The van der Waals surface area contributed by atoms with E-state index in [1.807, 2.05) is 11.4 Å². The predicted molar refractivity (Wildman–Crippen MR) is 91.5 cm³/mol. The number of thioether (sulfide) groups is 1. The summed E-state index contributed by atoms with van der Waals surface area (Å²) >= 11 is 2.97. The molecule has 0 spiro atoms. The molecule has 3 heterocycles. The summed E-state index contributed by atoms with van der Waals surface area (Å²) in [6, 6.07) is 5.89. The standard InChI is InChI=1S/C15H17N5OS2/c1-10(2)13(11-5-3-8-22-11)17-12(21)9-23-15-18-14-16-6-4-7-20(14)19-15/h3-8,10,13H,9H2,1-2H3,(H,17,21). The Labute approximate surface area is 142 Å². The topological polar surface area (TPSA) is 72.2 Å². The average molecular weight is 347 g/mol. The number of rotatable bonds is 6. The molecule has 1 N–H and O–H groups in total. The van der Waals surface area contributed by atoms with Crippen molar-refractivity contribution in [2.45, 2.75) is 25.0 Å². The van der Waals surface area contributed by atoms with E-state index in [1.165, 1.54) is 16.6 Å². The van der Waals surface area contributed by atoms with Crippen molar-refractivity contribution in [2.75, 3.05) is 5.75 Å². The molecule has 3 aromatic heterocycles. The van der Waals surface area contributed by atoms with Gasteiger partial charge in [0, 0.05) is 17.3 Å². The van der Waals surface area contributed by atoms with Crippen LogP contribution in [-0.2, 0) is 4.79 Å². The zero-order valence-corrected chi connectivity index (χ0v) is 14.5. The van der Waals surface area contributed by atoms with E-state index in [2.05, 4.69) is 40.3 Å². The molecule has 23 heavy (non-hydrogen) atoms. The molecule has 0 radical (unpaired) electrons.